The minimum Gasteiger partial charge on any atom is -0.440 e. The highest BCUT2D eigenvalue weighted by Crippen LogP contribution is 2.25. The second kappa shape index (κ2) is 6.41. The summed E-state index contributed by atoms with van der Waals surface area (Å²) in [6.07, 6.45) is 2.16. The highest BCUT2D eigenvalue weighted by atomic mass is 32.1. The number of amides is 1. The first kappa shape index (κ1) is 14.3. The number of aryl methyl sites for hydroxylation is 1. The fourth-order valence-electron chi connectivity index (χ4n) is 2.40. The Kier molecular flexibility index (Phi) is 4.36. The average Bonchev–Trinajstić information content (AvgIpc) is 3.15. The largest absolute Gasteiger partial charge is 0.440 e. The molecule has 5 nitrogen and oxygen atoms in total. The molecule has 1 atom stereocenters. The van der Waals surface area contributed by atoms with Crippen LogP contribution in [0, 0.1) is 12.8 Å². The summed E-state index contributed by atoms with van der Waals surface area (Å²) in [7, 11) is 0. The van der Waals surface area contributed by atoms with Crippen LogP contribution in [0.3, 0.4) is 0 Å². The lowest BCUT2D eigenvalue weighted by atomic mass is 10.0. The maximum atomic E-state index is 12.2. The van der Waals surface area contributed by atoms with Crippen molar-refractivity contribution >= 4 is 17.2 Å². The van der Waals surface area contributed by atoms with Crippen LogP contribution in [-0.4, -0.2) is 30.6 Å². The molecule has 0 saturated carbocycles. The molecule has 2 aromatic heterocycles. The molecule has 1 aliphatic heterocycles. The van der Waals surface area contributed by atoms with Crippen LogP contribution >= 0.6 is 11.3 Å². The summed E-state index contributed by atoms with van der Waals surface area (Å²) in [4.78, 5) is 17.5. The van der Waals surface area contributed by atoms with Crippen LogP contribution in [0.15, 0.2) is 21.9 Å². The van der Waals surface area contributed by atoms with Gasteiger partial charge in [0.25, 0.3) is 5.91 Å². The van der Waals surface area contributed by atoms with Gasteiger partial charge in [-0.1, -0.05) is 6.07 Å². The third-order valence-electron chi connectivity index (χ3n) is 3.55. The standard InChI is InChI=1S/C15H18N2O3S/c1-10-13(17-15(20-10)12-5-3-7-21-12)14(18)16-8-11-4-2-6-19-9-11/h3,5,7,11H,2,4,6,8-9H2,1H3,(H,16,18). The molecule has 1 aliphatic rings. The lowest BCUT2D eigenvalue weighted by Gasteiger charge is -2.21. The maximum absolute atomic E-state index is 12.2. The van der Waals surface area contributed by atoms with Gasteiger partial charge in [-0.3, -0.25) is 4.79 Å². The van der Waals surface area contributed by atoms with E-state index in [1.54, 1.807) is 18.3 Å². The Morgan fingerprint density at radius 3 is 3.19 bits per heavy atom. The number of hydrogen-bond acceptors (Lipinski definition) is 5. The summed E-state index contributed by atoms with van der Waals surface area (Å²) in [5.41, 5.74) is 0.370. The Labute approximate surface area is 127 Å². The van der Waals surface area contributed by atoms with E-state index in [0.717, 1.165) is 30.9 Å². The van der Waals surface area contributed by atoms with Crippen molar-refractivity contribution in [3.05, 3.63) is 29.0 Å². The Bertz CT molecular complexity index is 600. The minimum atomic E-state index is -0.176. The molecule has 1 N–H and O–H groups in total. The van der Waals surface area contributed by atoms with Crippen molar-refractivity contribution in [3.63, 3.8) is 0 Å². The molecule has 1 saturated heterocycles. The summed E-state index contributed by atoms with van der Waals surface area (Å²) in [6.45, 7) is 3.94. The van der Waals surface area contributed by atoms with E-state index in [9.17, 15) is 4.79 Å². The Morgan fingerprint density at radius 1 is 1.57 bits per heavy atom. The number of carbonyl (C=O) groups is 1. The van der Waals surface area contributed by atoms with E-state index in [1.165, 1.54) is 0 Å². The van der Waals surface area contributed by atoms with Gasteiger partial charge < -0.3 is 14.5 Å². The van der Waals surface area contributed by atoms with E-state index >= 15 is 0 Å². The molecule has 112 valence electrons. The summed E-state index contributed by atoms with van der Waals surface area (Å²) in [5, 5.41) is 4.89. The number of nitrogens with zero attached hydrogens (tertiary/aromatic N) is 1. The Morgan fingerprint density at radius 2 is 2.48 bits per heavy atom. The lowest BCUT2D eigenvalue weighted by molar-refractivity contribution is 0.0535. The van der Waals surface area contributed by atoms with Gasteiger partial charge in [0.05, 0.1) is 11.5 Å². The number of thiophene rings is 1. The van der Waals surface area contributed by atoms with Crippen LogP contribution in [-0.2, 0) is 4.74 Å². The van der Waals surface area contributed by atoms with Crippen molar-refractivity contribution in [1.29, 1.82) is 0 Å². The highest BCUT2D eigenvalue weighted by molar-refractivity contribution is 7.13. The number of rotatable bonds is 4. The molecule has 0 radical (unpaired) electrons. The number of oxazole rings is 1. The molecule has 2 aromatic rings. The third kappa shape index (κ3) is 3.33. The van der Waals surface area contributed by atoms with Crippen molar-refractivity contribution in [2.24, 2.45) is 5.92 Å². The second-order valence-electron chi connectivity index (χ2n) is 5.19. The van der Waals surface area contributed by atoms with Crippen LogP contribution in [0.25, 0.3) is 10.8 Å². The molecule has 6 heteroatoms. The van der Waals surface area contributed by atoms with Crippen LogP contribution in [0.1, 0.15) is 29.1 Å². The number of nitrogens with one attached hydrogen (secondary N) is 1. The number of ether oxygens (including phenoxy) is 1. The van der Waals surface area contributed by atoms with Gasteiger partial charge in [0.15, 0.2) is 5.69 Å². The van der Waals surface area contributed by atoms with E-state index in [2.05, 4.69) is 10.3 Å². The third-order valence-corrected chi connectivity index (χ3v) is 4.41. The molecule has 1 amide bonds. The minimum absolute atomic E-state index is 0.176. The van der Waals surface area contributed by atoms with Crippen molar-refractivity contribution in [1.82, 2.24) is 10.3 Å². The van der Waals surface area contributed by atoms with E-state index in [0.29, 0.717) is 29.8 Å². The van der Waals surface area contributed by atoms with Crippen molar-refractivity contribution in [2.75, 3.05) is 19.8 Å². The maximum Gasteiger partial charge on any atom is 0.273 e. The van der Waals surface area contributed by atoms with Crippen LogP contribution in [0.5, 0.6) is 0 Å². The molecular weight excluding hydrogens is 288 g/mol. The predicted octanol–water partition coefficient (Wildman–Crippen LogP) is 2.87. The lowest BCUT2D eigenvalue weighted by Crippen LogP contribution is -2.33. The summed E-state index contributed by atoms with van der Waals surface area (Å²) < 4.78 is 11.0. The van der Waals surface area contributed by atoms with Crippen molar-refractivity contribution in [3.8, 4) is 10.8 Å². The fourth-order valence-corrected chi connectivity index (χ4v) is 3.05. The van der Waals surface area contributed by atoms with E-state index < -0.39 is 0 Å². The zero-order valence-corrected chi connectivity index (χ0v) is 12.7. The molecule has 1 fully saturated rings. The molecule has 3 rings (SSSR count). The molecular formula is C15H18N2O3S. The Hall–Kier alpha value is -1.66. The molecule has 0 aromatic carbocycles. The number of aromatic nitrogens is 1. The van der Waals surface area contributed by atoms with E-state index in [4.69, 9.17) is 9.15 Å². The first-order chi connectivity index (χ1) is 10.2. The van der Waals surface area contributed by atoms with Crippen LogP contribution in [0.4, 0.5) is 0 Å². The quantitative estimate of drug-likeness (QED) is 0.943. The van der Waals surface area contributed by atoms with Crippen LogP contribution < -0.4 is 5.32 Å². The summed E-state index contributed by atoms with van der Waals surface area (Å²) in [6, 6.07) is 3.86. The average molecular weight is 306 g/mol. The first-order valence-electron chi connectivity index (χ1n) is 7.11. The van der Waals surface area contributed by atoms with Gasteiger partial charge in [-0.25, -0.2) is 4.98 Å². The first-order valence-corrected chi connectivity index (χ1v) is 7.99. The number of carbonyl (C=O) groups excluding carboxylic acids is 1. The second-order valence-corrected chi connectivity index (χ2v) is 6.14. The molecule has 1 unspecified atom stereocenters. The monoisotopic (exact) mass is 306 g/mol. The SMILES string of the molecule is Cc1oc(-c2cccs2)nc1C(=O)NCC1CCCOC1. The van der Waals surface area contributed by atoms with Gasteiger partial charge in [0.1, 0.15) is 5.76 Å². The number of hydrogen-bond donors (Lipinski definition) is 1. The van der Waals surface area contributed by atoms with Gasteiger partial charge in [0, 0.05) is 13.2 Å². The summed E-state index contributed by atoms with van der Waals surface area (Å²) >= 11 is 1.54. The molecule has 21 heavy (non-hydrogen) atoms. The predicted molar refractivity (Wildman–Crippen MR) is 80.4 cm³/mol. The van der Waals surface area contributed by atoms with Gasteiger partial charge in [-0.15, -0.1) is 11.3 Å². The van der Waals surface area contributed by atoms with Crippen LogP contribution in [0.2, 0.25) is 0 Å². The van der Waals surface area contributed by atoms with Crippen molar-refractivity contribution < 1.29 is 13.9 Å². The van der Waals surface area contributed by atoms with E-state index in [-0.39, 0.29) is 5.91 Å². The molecule has 0 aliphatic carbocycles. The smallest absolute Gasteiger partial charge is 0.273 e. The van der Waals surface area contributed by atoms with Gasteiger partial charge in [0.2, 0.25) is 5.89 Å². The zero-order chi connectivity index (χ0) is 14.7. The normalized spacial score (nSPS) is 18.6. The van der Waals surface area contributed by atoms with Gasteiger partial charge in [-0.2, -0.15) is 0 Å². The molecule has 0 bridgehead atoms. The highest BCUT2D eigenvalue weighted by Gasteiger charge is 2.20. The van der Waals surface area contributed by atoms with E-state index in [1.807, 2.05) is 17.5 Å². The van der Waals surface area contributed by atoms with Gasteiger partial charge in [-0.05, 0) is 37.1 Å². The molecule has 0 spiro atoms. The van der Waals surface area contributed by atoms with Crippen molar-refractivity contribution in [2.45, 2.75) is 19.8 Å². The Balaban J connectivity index is 1.64. The zero-order valence-electron chi connectivity index (χ0n) is 11.9. The fraction of sp³-hybridized carbons (Fsp3) is 0.467. The molecule has 3 heterocycles. The topological polar surface area (TPSA) is 64.4 Å². The summed E-state index contributed by atoms with van der Waals surface area (Å²) in [5.74, 6) is 1.28. The van der Waals surface area contributed by atoms with Gasteiger partial charge >= 0.3 is 0 Å².